The summed E-state index contributed by atoms with van der Waals surface area (Å²) in [6, 6.07) is 3.82. The first-order valence-electron chi connectivity index (χ1n) is 5.01. The van der Waals surface area contributed by atoms with Gasteiger partial charge in [0.05, 0.1) is 25.1 Å². The third-order valence-electron chi connectivity index (χ3n) is 2.00. The molecule has 0 spiro atoms. The second-order valence-corrected chi connectivity index (χ2v) is 3.22. The van der Waals surface area contributed by atoms with Crippen LogP contribution in [0.15, 0.2) is 70.3 Å². The fourth-order valence-corrected chi connectivity index (χ4v) is 1.20. The van der Waals surface area contributed by atoms with E-state index in [9.17, 15) is 0 Å². The largest absolute Gasteiger partial charge is 0.472 e. The molecule has 2 rings (SSSR count). The van der Waals surface area contributed by atoms with E-state index >= 15 is 0 Å². The van der Waals surface area contributed by atoms with Gasteiger partial charge in [-0.05, 0) is 12.1 Å². The van der Waals surface area contributed by atoms with Crippen LogP contribution in [0, 0.1) is 0 Å². The van der Waals surface area contributed by atoms with Crippen LogP contribution in [0.25, 0.3) is 12.2 Å². The topological polar surface area (TPSA) is 26.3 Å². The van der Waals surface area contributed by atoms with Crippen LogP contribution in [0.1, 0.15) is 11.1 Å². The molecule has 2 heterocycles. The molecule has 0 saturated heterocycles. The summed E-state index contributed by atoms with van der Waals surface area (Å²) >= 11 is 0. The van der Waals surface area contributed by atoms with E-state index in [2.05, 4.69) is 0 Å². The molecular weight excluding hydrogens is 200 g/mol. The molecule has 2 aromatic heterocycles. The van der Waals surface area contributed by atoms with Crippen LogP contribution in [0.5, 0.6) is 0 Å². The lowest BCUT2D eigenvalue weighted by atomic mass is 10.3. The molecule has 0 fully saturated rings. The lowest BCUT2D eigenvalue weighted by molar-refractivity contribution is 0.566. The van der Waals surface area contributed by atoms with Gasteiger partial charge in [-0.1, -0.05) is 36.5 Å². The monoisotopic (exact) mass is 212 g/mol. The Bertz CT molecular complexity index is 425. The quantitative estimate of drug-likeness (QED) is 0.711. The molecule has 0 N–H and O–H groups in total. The lowest BCUT2D eigenvalue weighted by Gasteiger charge is -1.79. The Hall–Kier alpha value is -2.22. The van der Waals surface area contributed by atoms with Crippen LogP contribution in [0.4, 0.5) is 0 Å². The van der Waals surface area contributed by atoms with E-state index in [0.29, 0.717) is 0 Å². The summed E-state index contributed by atoms with van der Waals surface area (Å²) < 4.78 is 9.88. The maximum absolute atomic E-state index is 4.94. The zero-order chi connectivity index (χ0) is 11.1. The van der Waals surface area contributed by atoms with E-state index in [0.717, 1.165) is 11.1 Å². The van der Waals surface area contributed by atoms with Gasteiger partial charge in [0.15, 0.2) is 0 Å². The van der Waals surface area contributed by atoms with E-state index in [1.54, 1.807) is 25.1 Å². The minimum absolute atomic E-state index is 1.06. The first-order chi connectivity index (χ1) is 7.95. The molecule has 0 amide bonds. The highest BCUT2D eigenvalue weighted by molar-refractivity contribution is 5.51. The van der Waals surface area contributed by atoms with Gasteiger partial charge in [0.25, 0.3) is 0 Å². The molecule has 0 bridgehead atoms. The summed E-state index contributed by atoms with van der Waals surface area (Å²) in [5.74, 6) is 0. The van der Waals surface area contributed by atoms with E-state index in [4.69, 9.17) is 8.83 Å². The van der Waals surface area contributed by atoms with Crippen molar-refractivity contribution in [2.45, 2.75) is 0 Å². The Morgan fingerprint density at radius 1 is 0.688 bits per heavy atom. The predicted octanol–water partition coefficient (Wildman–Crippen LogP) is 4.16. The second kappa shape index (κ2) is 5.61. The standard InChI is InChI=1S/C14H12O2/c1(3-5-13-7-9-15-11-13)2-4-6-14-8-10-16-12-14/h1-12H/b2-1+,5-3-,6-4-. The van der Waals surface area contributed by atoms with Gasteiger partial charge < -0.3 is 8.83 Å². The predicted molar refractivity (Wildman–Crippen MR) is 64.6 cm³/mol. The summed E-state index contributed by atoms with van der Waals surface area (Å²) in [5, 5.41) is 0. The Morgan fingerprint density at radius 3 is 1.56 bits per heavy atom. The molecule has 0 aliphatic heterocycles. The van der Waals surface area contributed by atoms with Gasteiger partial charge in [0, 0.05) is 11.1 Å². The number of hydrogen-bond acceptors (Lipinski definition) is 2. The number of rotatable bonds is 4. The molecule has 0 aliphatic rings. The Balaban J connectivity index is 1.82. The van der Waals surface area contributed by atoms with Crippen molar-refractivity contribution in [2.75, 3.05) is 0 Å². The fraction of sp³-hybridized carbons (Fsp3) is 0. The molecule has 0 saturated carbocycles. The molecule has 2 nitrogen and oxygen atoms in total. The van der Waals surface area contributed by atoms with Crippen LogP contribution in [-0.2, 0) is 0 Å². The van der Waals surface area contributed by atoms with E-state index in [-0.39, 0.29) is 0 Å². The third kappa shape index (κ3) is 3.17. The van der Waals surface area contributed by atoms with E-state index < -0.39 is 0 Å². The smallest absolute Gasteiger partial charge is 0.0974 e. The van der Waals surface area contributed by atoms with Gasteiger partial charge >= 0.3 is 0 Å². The van der Waals surface area contributed by atoms with Gasteiger partial charge in [-0.25, -0.2) is 0 Å². The van der Waals surface area contributed by atoms with Crippen LogP contribution >= 0.6 is 0 Å². The normalized spacial score (nSPS) is 12.2. The minimum atomic E-state index is 1.06. The summed E-state index contributed by atoms with van der Waals surface area (Å²) in [6.45, 7) is 0. The van der Waals surface area contributed by atoms with Crippen LogP contribution in [-0.4, -0.2) is 0 Å². The van der Waals surface area contributed by atoms with Crippen molar-refractivity contribution in [2.24, 2.45) is 0 Å². The van der Waals surface area contributed by atoms with Crippen LogP contribution < -0.4 is 0 Å². The summed E-state index contributed by atoms with van der Waals surface area (Å²) in [7, 11) is 0. The van der Waals surface area contributed by atoms with E-state index in [1.807, 2.05) is 48.6 Å². The van der Waals surface area contributed by atoms with Gasteiger partial charge in [-0.15, -0.1) is 0 Å². The first-order valence-corrected chi connectivity index (χ1v) is 5.01. The number of hydrogen-bond donors (Lipinski definition) is 0. The molecule has 0 radical (unpaired) electrons. The summed E-state index contributed by atoms with van der Waals surface area (Å²) in [4.78, 5) is 0. The third-order valence-corrected chi connectivity index (χ3v) is 2.00. The molecule has 2 heteroatoms. The second-order valence-electron chi connectivity index (χ2n) is 3.22. The van der Waals surface area contributed by atoms with Crippen molar-refractivity contribution in [1.82, 2.24) is 0 Å². The van der Waals surface area contributed by atoms with Crippen LogP contribution in [0.2, 0.25) is 0 Å². The van der Waals surface area contributed by atoms with Crippen molar-refractivity contribution in [3.63, 3.8) is 0 Å². The number of allylic oxidation sites excluding steroid dienone is 4. The highest BCUT2D eigenvalue weighted by atomic mass is 16.3. The van der Waals surface area contributed by atoms with Gasteiger partial charge in [-0.2, -0.15) is 0 Å². The fourth-order valence-electron chi connectivity index (χ4n) is 1.20. The Labute approximate surface area is 94.2 Å². The molecule has 0 aliphatic carbocycles. The van der Waals surface area contributed by atoms with Crippen molar-refractivity contribution < 1.29 is 8.83 Å². The Kier molecular flexibility index (Phi) is 3.61. The van der Waals surface area contributed by atoms with Crippen LogP contribution in [0.3, 0.4) is 0 Å². The molecule has 80 valence electrons. The molecule has 0 atom stereocenters. The molecule has 2 aromatic rings. The maximum atomic E-state index is 4.94. The highest BCUT2D eigenvalue weighted by Crippen LogP contribution is 2.03. The summed E-state index contributed by atoms with van der Waals surface area (Å²) in [5.41, 5.74) is 2.12. The Morgan fingerprint density at radius 2 is 1.19 bits per heavy atom. The SMILES string of the molecule is C(=C/c1ccoc1)/C=C/C=C\c1ccoc1. The van der Waals surface area contributed by atoms with E-state index in [1.165, 1.54) is 0 Å². The molecule has 0 aromatic carbocycles. The van der Waals surface area contributed by atoms with Crippen molar-refractivity contribution in [3.05, 3.63) is 72.6 Å². The van der Waals surface area contributed by atoms with Gasteiger partial charge in [-0.3, -0.25) is 0 Å². The zero-order valence-corrected chi connectivity index (χ0v) is 8.74. The molecular formula is C14H12O2. The zero-order valence-electron chi connectivity index (χ0n) is 8.74. The van der Waals surface area contributed by atoms with Crippen molar-refractivity contribution in [3.8, 4) is 0 Å². The van der Waals surface area contributed by atoms with Gasteiger partial charge in [0.1, 0.15) is 0 Å². The average Bonchev–Trinajstić information content (AvgIpc) is 2.96. The van der Waals surface area contributed by atoms with Crippen molar-refractivity contribution >= 4 is 12.2 Å². The van der Waals surface area contributed by atoms with Crippen molar-refractivity contribution in [1.29, 1.82) is 0 Å². The lowest BCUT2D eigenvalue weighted by Crippen LogP contribution is -1.59. The van der Waals surface area contributed by atoms with Gasteiger partial charge in [0.2, 0.25) is 0 Å². The minimum Gasteiger partial charge on any atom is -0.472 e. The molecule has 0 unspecified atom stereocenters. The maximum Gasteiger partial charge on any atom is 0.0974 e. The number of furan rings is 2. The molecule has 16 heavy (non-hydrogen) atoms. The summed E-state index contributed by atoms with van der Waals surface area (Å²) in [6.07, 6.45) is 18.5. The highest BCUT2D eigenvalue weighted by Gasteiger charge is 1.84. The average molecular weight is 212 g/mol. The first kappa shape index (κ1) is 10.3.